The summed E-state index contributed by atoms with van der Waals surface area (Å²) in [6.07, 6.45) is 2.94. The summed E-state index contributed by atoms with van der Waals surface area (Å²) in [6.45, 7) is 0. The van der Waals surface area contributed by atoms with Crippen LogP contribution in [0.15, 0.2) is 36.6 Å². The number of allylic oxidation sites excluding steroid dienone is 3. The van der Waals surface area contributed by atoms with Crippen LogP contribution in [0.2, 0.25) is 5.02 Å². The normalized spacial score (nSPS) is 23.4. The number of aromatic nitrogens is 1. The molecule has 2 atom stereocenters. The predicted molar refractivity (Wildman–Crippen MR) is 87.5 cm³/mol. The van der Waals surface area contributed by atoms with Gasteiger partial charge in [0.25, 0.3) is 0 Å². The second-order valence-corrected chi connectivity index (χ2v) is 6.04. The molecule has 1 aliphatic carbocycles. The number of nitrogens with zero attached hydrogens (tertiary/aromatic N) is 1. The van der Waals surface area contributed by atoms with Crippen LogP contribution in [0.25, 0.3) is 0 Å². The van der Waals surface area contributed by atoms with E-state index in [4.69, 9.17) is 34.3 Å². The van der Waals surface area contributed by atoms with Gasteiger partial charge in [-0.3, -0.25) is 10.4 Å². The smallest absolute Gasteiger partial charge is 0.387 e. The van der Waals surface area contributed by atoms with E-state index >= 15 is 0 Å². The summed E-state index contributed by atoms with van der Waals surface area (Å²) >= 11 is 12.4. The van der Waals surface area contributed by atoms with Crippen LogP contribution in [0.3, 0.4) is 0 Å². The molecule has 2 unspecified atom stereocenters. The first-order valence-electron chi connectivity index (χ1n) is 6.24. The lowest BCUT2D eigenvalue weighted by molar-refractivity contribution is -0.137. The Morgan fingerprint density at radius 3 is 2.57 bits per heavy atom. The van der Waals surface area contributed by atoms with Gasteiger partial charge in [0, 0.05) is 12.6 Å². The van der Waals surface area contributed by atoms with Crippen molar-refractivity contribution in [3.8, 4) is 0 Å². The number of hydrogen-bond donors (Lipinski definition) is 2. The Morgan fingerprint density at radius 1 is 1.39 bits per heavy atom. The van der Waals surface area contributed by atoms with Crippen molar-refractivity contribution < 1.29 is 13.2 Å². The number of nitrogens with one attached hydrogen (secondary N) is 1. The zero-order valence-electron chi connectivity index (χ0n) is 11.6. The highest BCUT2D eigenvalue weighted by atomic mass is 35.5. The average molecular weight is 387 g/mol. The minimum absolute atomic E-state index is 0. The summed E-state index contributed by atoms with van der Waals surface area (Å²) in [6, 6.07) is 0.815. The quantitative estimate of drug-likeness (QED) is 0.460. The van der Waals surface area contributed by atoms with Crippen molar-refractivity contribution in [2.24, 2.45) is 11.7 Å². The molecule has 0 spiro atoms. The molecule has 0 aliphatic heterocycles. The Balaban J connectivity index is 0.00000264. The molecule has 9 heteroatoms. The molecule has 0 bridgehead atoms. The average Bonchev–Trinajstić information content (AvgIpc) is 2.39. The van der Waals surface area contributed by atoms with E-state index in [2.05, 4.69) is 4.98 Å². The Morgan fingerprint density at radius 2 is 2.04 bits per heavy atom. The molecule has 0 amide bonds. The van der Waals surface area contributed by atoms with Crippen LogP contribution < -0.4 is 5.73 Å². The summed E-state index contributed by atoms with van der Waals surface area (Å²) in [5, 5.41) is 7.46. The molecule has 1 aliphatic rings. The second kappa shape index (κ2) is 7.11. The maximum atomic E-state index is 12.6. The molecular weight excluding hydrogens is 374 g/mol. The Hall–Kier alpha value is -1.24. The highest BCUT2D eigenvalue weighted by molar-refractivity contribution is 6.31. The highest BCUT2D eigenvalue weighted by Gasteiger charge is 2.38. The van der Waals surface area contributed by atoms with Gasteiger partial charge in [0.05, 0.1) is 32.9 Å². The van der Waals surface area contributed by atoms with Gasteiger partial charge >= 0.3 is 6.18 Å². The van der Waals surface area contributed by atoms with Crippen LogP contribution >= 0.6 is 35.6 Å². The molecule has 3 N–H and O–H groups in total. The summed E-state index contributed by atoms with van der Waals surface area (Å²) in [4.78, 5) is 2.69. The van der Waals surface area contributed by atoms with E-state index in [-0.39, 0.29) is 35.4 Å². The molecule has 0 aromatic carbocycles. The first kappa shape index (κ1) is 19.8. The SMILES string of the molecule is Cl.N=C(N)C1C=CC=CC1(Cl)Cc1ncc(C(F)(F)F)cc1Cl. The van der Waals surface area contributed by atoms with E-state index in [0.29, 0.717) is 6.20 Å². The van der Waals surface area contributed by atoms with Crippen molar-refractivity contribution >= 4 is 41.4 Å². The maximum Gasteiger partial charge on any atom is 0.417 e. The monoisotopic (exact) mass is 385 g/mol. The van der Waals surface area contributed by atoms with Crippen molar-refractivity contribution in [3.05, 3.63) is 52.8 Å². The van der Waals surface area contributed by atoms with Crippen LogP contribution in [-0.4, -0.2) is 15.7 Å². The summed E-state index contributed by atoms with van der Waals surface area (Å²) in [7, 11) is 0. The van der Waals surface area contributed by atoms with Crippen LogP contribution in [0.5, 0.6) is 0 Å². The van der Waals surface area contributed by atoms with Crippen molar-refractivity contribution in [1.82, 2.24) is 4.98 Å². The lowest BCUT2D eigenvalue weighted by Crippen LogP contribution is -2.41. The third-order valence-electron chi connectivity index (χ3n) is 3.32. The third kappa shape index (κ3) is 4.40. The van der Waals surface area contributed by atoms with E-state index in [9.17, 15) is 13.2 Å². The summed E-state index contributed by atoms with van der Waals surface area (Å²) in [5.41, 5.74) is 4.82. The van der Waals surface area contributed by atoms with Crippen LogP contribution in [0.4, 0.5) is 13.2 Å². The fourth-order valence-electron chi connectivity index (χ4n) is 2.19. The molecule has 1 aromatic heterocycles. The minimum atomic E-state index is -4.51. The number of pyridine rings is 1. The number of amidine groups is 1. The van der Waals surface area contributed by atoms with Crippen molar-refractivity contribution in [2.45, 2.75) is 17.5 Å². The molecule has 1 heterocycles. The standard InChI is InChI=1S/C14H12Cl2F3N3.ClH/c15-10-5-8(14(17,18)19)7-22-11(10)6-13(16)4-2-1-3-9(13)12(20)21;/h1-5,7,9H,6H2,(H3,20,21);1H. The van der Waals surface area contributed by atoms with Gasteiger partial charge in [0.2, 0.25) is 0 Å². The van der Waals surface area contributed by atoms with E-state index in [1.54, 1.807) is 24.3 Å². The van der Waals surface area contributed by atoms with E-state index < -0.39 is 22.5 Å². The third-order valence-corrected chi connectivity index (χ3v) is 4.15. The Bertz CT molecular complexity index is 658. The van der Waals surface area contributed by atoms with Gasteiger partial charge in [-0.1, -0.05) is 35.9 Å². The van der Waals surface area contributed by atoms with Gasteiger partial charge in [-0.05, 0) is 6.07 Å². The largest absolute Gasteiger partial charge is 0.417 e. The van der Waals surface area contributed by atoms with Gasteiger partial charge in [-0.2, -0.15) is 13.2 Å². The molecule has 23 heavy (non-hydrogen) atoms. The first-order chi connectivity index (χ1) is 10.1. The molecule has 126 valence electrons. The number of rotatable bonds is 3. The van der Waals surface area contributed by atoms with Crippen molar-refractivity contribution in [3.63, 3.8) is 0 Å². The summed E-state index contributed by atoms with van der Waals surface area (Å²) < 4.78 is 37.8. The fraction of sp³-hybridized carbons (Fsp3) is 0.286. The predicted octanol–water partition coefficient (Wildman–Crippen LogP) is 4.37. The number of halogens is 6. The zero-order chi connectivity index (χ0) is 16.5. The van der Waals surface area contributed by atoms with E-state index in [0.717, 1.165) is 6.07 Å². The number of nitrogens with two attached hydrogens (primary N) is 1. The fourth-order valence-corrected chi connectivity index (χ4v) is 2.82. The zero-order valence-corrected chi connectivity index (χ0v) is 13.9. The van der Waals surface area contributed by atoms with Gasteiger partial charge in [-0.15, -0.1) is 24.0 Å². The maximum absolute atomic E-state index is 12.6. The van der Waals surface area contributed by atoms with Gasteiger partial charge in [0.15, 0.2) is 0 Å². The van der Waals surface area contributed by atoms with Crippen molar-refractivity contribution in [1.29, 1.82) is 5.41 Å². The molecule has 0 radical (unpaired) electrons. The van der Waals surface area contributed by atoms with E-state index in [1.165, 1.54) is 0 Å². The first-order valence-corrected chi connectivity index (χ1v) is 6.99. The Kier molecular flexibility index (Phi) is 6.12. The number of alkyl halides is 4. The topological polar surface area (TPSA) is 62.8 Å². The lowest BCUT2D eigenvalue weighted by Gasteiger charge is -2.32. The summed E-state index contributed by atoms with van der Waals surface area (Å²) in [5.74, 6) is -0.724. The van der Waals surface area contributed by atoms with Gasteiger partial charge < -0.3 is 5.73 Å². The molecule has 0 saturated heterocycles. The molecule has 1 aromatic rings. The van der Waals surface area contributed by atoms with Gasteiger partial charge in [-0.25, -0.2) is 0 Å². The lowest BCUT2D eigenvalue weighted by atomic mass is 9.83. The second-order valence-electron chi connectivity index (χ2n) is 4.93. The molecule has 3 nitrogen and oxygen atoms in total. The van der Waals surface area contributed by atoms with Gasteiger partial charge in [0.1, 0.15) is 0 Å². The highest BCUT2D eigenvalue weighted by Crippen LogP contribution is 2.37. The van der Waals surface area contributed by atoms with E-state index in [1.807, 2.05) is 0 Å². The van der Waals surface area contributed by atoms with Crippen molar-refractivity contribution in [2.75, 3.05) is 0 Å². The molecule has 0 fully saturated rings. The van der Waals surface area contributed by atoms with Crippen LogP contribution in [-0.2, 0) is 12.6 Å². The molecule has 0 saturated carbocycles. The Labute approximate surface area is 147 Å². The van der Waals surface area contributed by atoms with Crippen LogP contribution in [0, 0.1) is 11.3 Å². The number of hydrogen-bond acceptors (Lipinski definition) is 2. The minimum Gasteiger partial charge on any atom is -0.387 e. The molecular formula is C14H13Cl3F3N3. The molecule has 2 rings (SSSR count). The van der Waals surface area contributed by atoms with Crippen LogP contribution in [0.1, 0.15) is 11.3 Å².